The molecule has 2 nitrogen and oxygen atoms in total. The summed E-state index contributed by atoms with van der Waals surface area (Å²) in [5.41, 5.74) is 18.5. The first-order valence-corrected chi connectivity index (χ1v) is 23.8. The monoisotopic (exact) mass is 868 g/mol. The maximum absolute atomic E-state index is 2.58. The van der Waals surface area contributed by atoms with Crippen LogP contribution < -0.4 is 9.80 Å². The minimum atomic E-state index is -0.547. The Balaban J connectivity index is 1.10. The second-order valence-corrected chi connectivity index (χ2v) is 18.9. The predicted molar refractivity (Wildman–Crippen MR) is 286 cm³/mol. The van der Waals surface area contributed by atoms with E-state index in [0.717, 1.165) is 22.7 Å². The molecule has 11 aromatic rings. The Morgan fingerprint density at radius 2 is 0.912 bits per heavy atom. The third-order valence-electron chi connectivity index (χ3n) is 14.9. The Bertz CT molecular complexity index is 3680. The number of anilines is 6. The van der Waals surface area contributed by atoms with E-state index >= 15 is 0 Å². The Morgan fingerprint density at radius 3 is 1.68 bits per heavy atom. The normalized spacial score (nSPS) is 13.9. The van der Waals surface area contributed by atoms with Crippen molar-refractivity contribution in [2.45, 2.75) is 24.7 Å². The van der Waals surface area contributed by atoms with Gasteiger partial charge in [-0.15, -0.1) is 0 Å². The van der Waals surface area contributed by atoms with Gasteiger partial charge in [0.25, 0.3) is 0 Å². The van der Waals surface area contributed by atoms with Crippen molar-refractivity contribution in [2.24, 2.45) is 0 Å². The molecular weight excluding hydrogens is 821 g/mol. The van der Waals surface area contributed by atoms with Crippen LogP contribution in [0.2, 0.25) is 0 Å². The molecule has 13 rings (SSSR count). The number of benzene rings is 11. The quantitative estimate of drug-likeness (QED) is 0.157. The van der Waals surface area contributed by atoms with Gasteiger partial charge in [-0.3, -0.25) is 0 Å². The van der Waals surface area contributed by atoms with Crippen LogP contribution in [0.1, 0.15) is 47.2 Å². The van der Waals surface area contributed by atoms with Gasteiger partial charge in [-0.2, -0.15) is 0 Å². The van der Waals surface area contributed by atoms with Crippen LogP contribution >= 0.6 is 0 Å². The van der Waals surface area contributed by atoms with E-state index in [1.807, 2.05) is 0 Å². The number of para-hydroxylation sites is 2. The summed E-state index contributed by atoms with van der Waals surface area (Å²) in [6, 6.07) is 94.6. The Kier molecular flexibility index (Phi) is 9.13. The highest BCUT2D eigenvalue weighted by atomic mass is 15.2. The standard InChI is InChI=1S/C66H48N2/c1-65(2)58-32-18-19-33-61(58)68(63-43-49(36-40-59(63)65)48-35-34-45-20-12-13-22-47(45)42-48)64-54-29-15-14-21-46(54)37-41-62(64)67(52-27-10-5-11-28-52)53-38-39-56-55-30-16-17-31-57(55)66(60(56)44-53,50-23-6-3-7-24-50)51-25-8-4-9-26-51/h3-44H,1-2H3. The topological polar surface area (TPSA) is 6.48 Å². The second kappa shape index (κ2) is 15.6. The van der Waals surface area contributed by atoms with E-state index in [2.05, 4.69) is 278 Å². The third kappa shape index (κ3) is 5.97. The number of hydrogen-bond acceptors (Lipinski definition) is 2. The Morgan fingerprint density at radius 1 is 0.353 bits per heavy atom. The van der Waals surface area contributed by atoms with Crippen LogP contribution in [0.3, 0.4) is 0 Å². The van der Waals surface area contributed by atoms with Gasteiger partial charge in [0, 0.05) is 22.2 Å². The van der Waals surface area contributed by atoms with Crippen molar-refractivity contribution < 1.29 is 0 Å². The first kappa shape index (κ1) is 39.9. The molecule has 0 saturated carbocycles. The van der Waals surface area contributed by atoms with E-state index in [9.17, 15) is 0 Å². The lowest BCUT2D eigenvalue weighted by Crippen LogP contribution is -2.31. The molecule has 0 spiro atoms. The van der Waals surface area contributed by atoms with E-state index in [1.54, 1.807) is 0 Å². The van der Waals surface area contributed by atoms with Gasteiger partial charge in [0.05, 0.1) is 28.2 Å². The summed E-state index contributed by atoms with van der Waals surface area (Å²) in [5, 5.41) is 4.85. The van der Waals surface area contributed by atoms with Gasteiger partial charge in [-0.05, 0) is 120 Å². The van der Waals surface area contributed by atoms with Crippen molar-refractivity contribution in [3.05, 3.63) is 288 Å². The van der Waals surface area contributed by atoms with Gasteiger partial charge >= 0.3 is 0 Å². The number of rotatable bonds is 7. The van der Waals surface area contributed by atoms with E-state index in [1.165, 1.54) is 88.6 Å². The fourth-order valence-corrected chi connectivity index (χ4v) is 11.7. The Labute approximate surface area is 398 Å². The summed E-state index contributed by atoms with van der Waals surface area (Å²) < 4.78 is 0. The van der Waals surface area contributed by atoms with Crippen LogP contribution in [0.4, 0.5) is 34.1 Å². The molecule has 2 heteroatoms. The predicted octanol–water partition coefficient (Wildman–Crippen LogP) is 17.6. The zero-order valence-electron chi connectivity index (χ0n) is 38.1. The van der Waals surface area contributed by atoms with Crippen LogP contribution in [0, 0.1) is 0 Å². The number of hydrogen-bond donors (Lipinski definition) is 0. The van der Waals surface area contributed by atoms with E-state index in [4.69, 9.17) is 0 Å². The van der Waals surface area contributed by atoms with Gasteiger partial charge in [-0.1, -0.05) is 220 Å². The number of nitrogens with zero attached hydrogens (tertiary/aromatic N) is 2. The molecule has 0 fully saturated rings. The lowest BCUT2D eigenvalue weighted by molar-refractivity contribution is 0.632. The largest absolute Gasteiger partial charge is 0.308 e. The molecule has 0 unspecified atom stereocenters. The van der Waals surface area contributed by atoms with Crippen LogP contribution in [0.15, 0.2) is 255 Å². The summed E-state index contributed by atoms with van der Waals surface area (Å²) in [4.78, 5) is 5.08. The molecule has 1 heterocycles. The number of fused-ring (bicyclic) bond motifs is 7. The van der Waals surface area contributed by atoms with Crippen LogP contribution in [-0.2, 0) is 10.8 Å². The smallest absolute Gasteiger partial charge is 0.0781 e. The molecule has 0 saturated heterocycles. The lowest BCUT2D eigenvalue weighted by atomic mass is 9.67. The van der Waals surface area contributed by atoms with Gasteiger partial charge in [0.2, 0.25) is 0 Å². The highest BCUT2D eigenvalue weighted by Crippen LogP contribution is 2.60. The van der Waals surface area contributed by atoms with Crippen molar-refractivity contribution >= 4 is 55.7 Å². The molecule has 322 valence electrons. The van der Waals surface area contributed by atoms with Crippen molar-refractivity contribution in [2.75, 3.05) is 9.80 Å². The third-order valence-corrected chi connectivity index (χ3v) is 14.9. The molecule has 2 aliphatic rings. The van der Waals surface area contributed by atoms with Gasteiger partial charge in [-0.25, -0.2) is 0 Å². The summed E-state index contributed by atoms with van der Waals surface area (Å²) >= 11 is 0. The Hall–Kier alpha value is -8.46. The molecular formula is C66H48N2. The minimum Gasteiger partial charge on any atom is -0.308 e. The molecule has 0 radical (unpaired) electrons. The van der Waals surface area contributed by atoms with E-state index < -0.39 is 5.41 Å². The fraction of sp³-hybridized carbons (Fsp3) is 0.0606. The summed E-state index contributed by atoms with van der Waals surface area (Å²) in [7, 11) is 0. The zero-order chi connectivity index (χ0) is 45.4. The van der Waals surface area contributed by atoms with Crippen molar-refractivity contribution in [3.63, 3.8) is 0 Å². The maximum Gasteiger partial charge on any atom is 0.0781 e. The molecule has 0 bridgehead atoms. The first-order valence-electron chi connectivity index (χ1n) is 23.8. The first-order chi connectivity index (χ1) is 33.5. The molecule has 0 aromatic heterocycles. The molecule has 0 atom stereocenters. The summed E-state index contributed by atoms with van der Waals surface area (Å²) in [6.07, 6.45) is 0. The van der Waals surface area contributed by atoms with Crippen molar-refractivity contribution in [1.29, 1.82) is 0 Å². The minimum absolute atomic E-state index is 0.262. The molecule has 1 aliphatic heterocycles. The summed E-state index contributed by atoms with van der Waals surface area (Å²) in [6.45, 7) is 4.76. The summed E-state index contributed by atoms with van der Waals surface area (Å²) in [5.74, 6) is 0. The molecule has 0 N–H and O–H groups in total. The maximum atomic E-state index is 2.58. The van der Waals surface area contributed by atoms with Gasteiger partial charge in [0.15, 0.2) is 0 Å². The zero-order valence-corrected chi connectivity index (χ0v) is 38.1. The highest BCUT2D eigenvalue weighted by molar-refractivity contribution is 6.09. The fourth-order valence-electron chi connectivity index (χ4n) is 11.7. The van der Waals surface area contributed by atoms with E-state index in [-0.39, 0.29) is 5.41 Å². The van der Waals surface area contributed by atoms with Crippen LogP contribution in [0.5, 0.6) is 0 Å². The molecule has 68 heavy (non-hydrogen) atoms. The average Bonchev–Trinajstić information content (AvgIpc) is 3.70. The second-order valence-electron chi connectivity index (χ2n) is 18.9. The van der Waals surface area contributed by atoms with Crippen LogP contribution in [-0.4, -0.2) is 0 Å². The lowest BCUT2D eigenvalue weighted by Gasteiger charge is -2.44. The van der Waals surface area contributed by atoms with Gasteiger partial charge < -0.3 is 9.80 Å². The highest BCUT2D eigenvalue weighted by Gasteiger charge is 2.46. The van der Waals surface area contributed by atoms with Crippen molar-refractivity contribution in [3.8, 4) is 22.3 Å². The van der Waals surface area contributed by atoms with Gasteiger partial charge in [0.1, 0.15) is 0 Å². The molecule has 1 aliphatic carbocycles. The average molecular weight is 869 g/mol. The SMILES string of the molecule is CC1(C)c2ccccc2N(c2c(N(c3ccccc3)c3ccc4c(c3)C(c3ccccc3)(c3ccccc3)c3ccccc3-4)ccc3ccccc23)c2cc(-c3ccc4ccccc4c3)ccc21. The van der Waals surface area contributed by atoms with E-state index in [0.29, 0.717) is 0 Å². The van der Waals surface area contributed by atoms with Crippen LogP contribution in [0.25, 0.3) is 43.8 Å². The molecule has 0 amide bonds. The van der Waals surface area contributed by atoms with Crippen molar-refractivity contribution in [1.82, 2.24) is 0 Å². The molecule has 11 aromatic carbocycles.